The van der Waals surface area contributed by atoms with Crippen molar-refractivity contribution in [1.82, 2.24) is 0 Å². The third-order valence-corrected chi connectivity index (χ3v) is 3.70. The molecule has 0 N–H and O–H groups in total. The summed E-state index contributed by atoms with van der Waals surface area (Å²) in [5.74, 6) is 1.02. The van der Waals surface area contributed by atoms with Crippen LogP contribution in [0.4, 0.5) is 0 Å². The quantitative estimate of drug-likeness (QED) is 0.760. The molecule has 1 aromatic carbocycles. The van der Waals surface area contributed by atoms with Gasteiger partial charge in [0, 0.05) is 5.92 Å². The minimum absolute atomic E-state index is 0.198. The van der Waals surface area contributed by atoms with Crippen LogP contribution in [0.2, 0.25) is 0 Å². The second-order valence-corrected chi connectivity index (χ2v) is 5.80. The molecule has 0 saturated carbocycles. The van der Waals surface area contributed by atoms with Gasteiger partial charge in [0.15, 0.2) is 0 Å². The average Bonchev–Trinajstić information content (AvgIpc) is 2.39. The largest absolute Gasteiger partial charge is 0.369 e. The highest BCUT2D eigenvalue weighted by molar-refractivity contribution is 5.28. The summed E-state index contributed by atoms with van der Waals surface area (Å²) in [5, 5.41) is 0. The second kappa shape index (κ2) is 6.21. The number of aryl methyl sites for hydroxylation is 1. The maximum absolute atomic E-state index is 6.07. The monoisotopic (exact) mass is 256 g/mol. The molecule has 102 valence electrons. The molecule has 0 amide bonds. The van der Waals surface area contributed by atoms with Crippen molar-refractivity contribution in [2.75, 3.05) is 0 Å². The molecular weight excluding hydrogens is 232 g/mol. The molecule has 0 saturated heterocycles. The summed E-state index contributed by atoms with van der Waals surface area (Å²) < 4.78 is 6.07. The lowest BCUT2D eigenvalue weighted by Gasteiger charge is -2.25. The van der Waals surface area contributed by atoms with E-state index in [-0.39, 0.29) is 6.10 Å². The molecular formula is C18H24O. The lowest BCUT2D eigenvalue weighted by molar-refractivity contribution is 0.0483. The van der Waals surface area contributed by atoms with Gasteiger partial charge in [0.05, 0.1) is 12.7 Å². The Morgan fingerprint density at radius 2 is 1.84 bits per heavy atom. The van der Waals surface area contributed by atoms with Gasteiger partial charge >= 0.3 is 0 Å². The van der Waals surface area contributed by atoms with Crippen LogP contribution >= 0.6 is 0 Å². The Bertz CT molecular complexity index is 465. The average molecular weight is 256 g/mol. The van der Waals surface area contributed by atoms with Crippen LogP contribution in [0.25, 0.3) is 0 Å². The zero-order chi connectivity index (χ0) is 13.8. The van der Waals surface area contributed by atoms with Gasteiger partial charge in [0.25, 0.3) is 0 Å². The summed E-state index contributed by atoms with van der Waals surface area (Å²) >= 11 is 0. The molecule has 1 aliphatic rings. The number of rotatable bonds is 4. The Labute approximate surface area is 117 Å². The van der Waals surface area contributed by atoms with Gasteiger partial charge < -0.3 is 4.74 Å². The first kappa shape index (κ1) is 14.1. The highest BCUT2D eigenvalue weighted by atomic mass is 16.5. The Balaban J connectivity index is 1.98. The molecule has 0 radical (unpaired) electrons. The highest BCUT2D eigenvalue weighted by Crippen LogP contribution is 2.24. The normalized spacial score (nSPS) is 22.7. The van der Waals surface area contributed by atoms with E-state index in [4.69, 9.17) is 4.74 Å². The molecule has 0 heterocycles. The number of hydrogen-bond donors (Lipinski definition) is 0. The molecule has 1 heteroatoms. The van der Waals surface area contributed by atoms with E-state index in [2.05, 4.69) is 70.2 Å². The molecule has 0 aromatic heterocycles. The molecule has 2 rings (SSSR count). The first-order valence-corrected chi connectivity index (χ1v) is 7.13. The Morgan fingerprint density at radius 3 is 2.47 bits per heavy atom. The van der Waals surface area contributed by atoms with Crippen LogP contribution in [0.1, 0.15) is 31.9 Å². The zero-order valence-corrected chi connectivity index (χ0v) is 12.4. The summed E-state index contributed by atoms with van der Waals surface area (Å²) in [6.45, 7) is 9.46. The van der Waals surface area contributed by atoms with E-state index >= 15 is 0 Å². The highest BCUT2D eigenvalue weighted by Gasteiger charge is 2.18. The van der Waals surface area contributed by atoms with E-state index < -0.39 is 0 Å². The fraction of sp³-hybridized carbons (Fsp3) is 0.444. The second-order valence-electron chi connectivity index (χ2n) is 5.80. The van der Waals surface area contributed by atoms with Crippen LogP contribution in [-0.2, 0) is 11.3 Å². The Kier molecular flexibility index (Phi) is 4.60. The third-order valence-electron chi connectivity index (χ3n) is 3.70. The van der Waals surface area contributed by atoms with Gasteiger partial charge in [0.1, 0.15) is 0 Å². The Morgan fingerprint density at radius 1 is 1.16 bits per heavy atom. The van der Waals surface area contributed by atoms with Crippen molar-refractivity contribution in [2.45, 2.75) is 40.4 Å². The first-order chi connectivity index (χ1) is 9.06. The predicted molar refractivity (Wildman–Crippen MR) is 81.0 cm³/mol. The van der Waals surface area contributed by atoms with Gasteiger partial charge in [0.2, 0.25) is 0 Å². The van der Waals surface area contributed by atoms with Gasteiger partial charge in [-0.1, -0.05) is 68.8 Å². The third kappa shape index (κ3) is 3.81. The predicted octanol–water partition coefficient (Wildman–Crippen LogP) is 4.67. The summed E-state index contributed by atoms with van der Waals surface area (Å²) in [6.07, 6.45) is 6.98. The van der Waals surface area contributed by atoms with Crippen LogP contribution in [0.15, 0.2) is 48.1 Å². The standard InChI is InChI=1S/C18H24O/c1-13(2)17-10-7-15(4)18(11-17)19-12-16-8-5-14(3)6-9-16/h5-11,13,15,18H,12H2,1-4H3. The van der Waals surface area contributed by atoms with Crippen molar-refractivity contribution < 1.29 is 4.74 Å². The van der Waals surface area contributed by atoms with Crippen molar-refractivity contribution in [3.8, 4) is 0 Å². The number of ether oxygens (including phenoxy) is 1. The van der Waals surface area contributed by atoms with Gasteiger partial charge in [-0.05, 0) is 24.0 Å². The van der Waals surface area contributed by atoms with E-state index in [9.17, 15) is 0 Å². The summed E-state index contributed by atoms with van der Waals surface area (Å²) in [6, 6.07) is 8.56. The fourth-order valence-corrected chi connectivity index (χ4v) is 2.23. The van der Waals surface area contributed by atoms with E-state index in [1.807, 2.05) is 0 Å². The van der Waals surface area contributed by atoms with Crippen LogP contribution in [0.5, 0.6) is 0 Å². The molecule has 2 atom stereocenters. The Hall–Kier alpha value is -1.34. The zero-order valence-electron chi connectivity index (χ0n) is 12.4. The molecule has 0 aliphatic heterocycles. The maximum atomic E-state index is 6.07. The maximum Gasteiger partial charge on any atom is 0.0826 e. The van der Waals surface area contributed by atoms with Gasteiger partial charge in [-0.2, -0.15) is 0 Å². The molecule has 0 fully saturated rings. The minimum Gasteiger partial charge on any atom is -0.369 e. The summed E-state index contributed by atoms with van der Waals surface area (Å²) in [7, 11) is 0. The molecule has 0 bridgehead atoms. The first-order valence-electron chi connectivity index (χ1n) is 7.13. The summed E-state index contributed by atoms with van der Waals surface area (Å²) in [5.41, 5.74) is 3.92. The SMILES string of the molecule is Cc1ccc(COC2C=C(C(C)C)C=CC2C)cc1. The number of hydrogen-bond acceptors (Lipinski definition) is 1. The van der Waals surface area contributed by atoms with E-state index in [0.717, 1.165) is 0 Å². The smallest absolute Gasteiger partial charge is 0.0826 e. The number of benzene rings is 1. The van der Waals surface area contributed by atoms with Gasteiger partial charge in [-0.15, -0.1) is 0 Å². The van der Waals surface area contributed by atoms with E-state index in [1.165, 1.54) is 16.7 Å². The molecule has 1 nitrogen and oxygen atoms in total. The van der Waals surface area contributed by atoms with Crippen molar-refractivity contribution in [3.05, 3.63) is 59.2 Å². The lowest BCUT2D eigenvalue weighted by Crippen LogP contribution is -2.21. The topological polar surface area (TPSA) is 9.23 Å². The van der Waals surface area contributed by atoms with E-state index in [1.54, 1.807) is 0 Å². The van der Waals surface area contributed by atoms with Crippen molar-refractivity contribution >= 4 is 0 Å². The fourth-order valence-electron chi connectivity index (χ4n) is 2.23. The molecule has 0 spiro atoms. The molecule has 1 aliphatic carbocycles. The van der Waals surface area contributed by atoms with E-state index in [0.29, 0.717) is 18.4 Å². The van der Waals surface area contributed by atoms with Crippen LogP contribution < -0.4 is 0 Å². The van der Waals surface area contributed by atoms with Gasteiger partial charge in [-0.25, -0.2) is 0 Å². The van der Waals surface area contributed by atoms with Crippen LogP contribution in [-0.4, -0.2) is 6.10 Å². The lowest BCUT2D eigenvalue weighted by atomic mass is 9.90. The van der Waals surface area contributed by atoms with Crippen LogP contribution in [0.3, 0.4) is 0 Å². The number of allylic oxidation sites excluding steroid dienone is 2. The van der Waals surface area contributed by atoms with Crippen molar-refractivity contribution in [3.63, 3.8) is 0 Å². The van der Waals surface area contributed by atoms with Gasteiger partial charge in [-0.3, -0.25) is 0 Å². The minimum atomic E-state index is 0.198. The van der Waals surface area contributed by atoms with Crippen molar-refractivity contribution in [1.29, 1.82) is 0 Å². The summed E-state index contributed by atoms with van der Waals surface area (Å²) in [4.78, 5) is 0. The van der Waals surface area contributed by atoms with Crippen LogP contribution in [0, 0.1) is 18.8 Å². The van der Waals surface area contributed by atoms with Crippen molar-refractivity contribution in [2.24, 2.45) is 11.8 Å². The molecule has 2 unspecified atom stereocenters. The molecule has 19 heavy (non-hydrogen) atoms. The molecule has 1 aromatic rings.